The van der Waals surface area contributed by atoms with Crippen LogP contribution in [-0.2, 0) is 9.53 Å². The molecule has 0 atom stereocenters. The van der Waals surface area contributed by atoms with Gasteiger partial charge in [0.05, 0.1) is 7.11 Å². The number of hydrogen-bond acceptors (Lipinski definition) is 4. The Morgan fingerprint density at radius 2 is 1.88 bits per heavy atom. The summed E-state index contributed by atoms with van der Waals surface area (Å²) in [7, 11) is 1.40. The number of rotatable bonds is 9. The van der Waals surface area contributed by atoms with Crippen LogP contribution < -0.4 is 11.2 Å². The van der Waals surface area contributed by atoms with Crippen LogP contribution in [0.1, 0.15) is 44.9 Å². The molecule has 2 amide bonds. The van der Waals surface area contributed by atoms with E-state index >= 15 is 0 Å². The van der Waals surface area contributed by atoms with Gasteiger partial charge in [-0.05, 0) is 19.3 Å². The fraction of sp³-hybridized carbons (Fsp3) is 0.727. The minimum Gasteiger partial charge on any atom is -0.469 e. The monoisotopic (exact) mass is 243 g/mol. The molecule has 0 spiro atoms. The third-order valence-electron chi connectivity index (χ3n) is 2.21. The van der Waals surface area contributed by atoms with Gasteiger partial charge in [0.25, 0.3) is 0 Å². The molecule has 0 aliphatic rings. The molecular weight excluding hydrogens is 222 g/mol. The van der Waals surface area contributed by atoms with Gasteiger partial charge < -0.3 is 10.5 Å². The molecule has 0 heterocycles. The van der Waals surface area contributed by atoms with E-state index in [9.17, 15) is 9.59 Å². The summed E-state index contributed by atoms with van der Waals surface area (Å²) in [5.41, 5.74) is 6.96. The van der Waals surface area contributed by atoms with E-state index in [0.717, 1.165) is 38.5 Å². The summed E-state index contributed by atoms with van der Waals surface area (Å²) < 4.78 is 4.54. The van der Waals surface area contributed by atoms with Gasteiger partial charge in [-0.3, -0.25) is 4.79 Å². The molecule has 6 nitrogen and oxygen atoms in total. The number of carbonyl (C=O) groups excluding carboxylic acids is 2. The van der Waals surface area contributed by atoms with E-state index in [1.165, 1.54) is 7.11 Å². The van der Waals surface area contributed by atoms with Gasteiger partial charge in [-0.1, -0.05) is 19.3 Å². The Labute approximate surface area is 102 Å². The second kappa shape index (κ2) is 10.9. The molecule has 0 rings (SSSR count). The number of carbonyl (C=O) groups is 2. The number of methoxy groups -OCH3 is 1. The van der Waals surface area contributed by atoms with Crippen molar-refractivity contribution in [1.29, 1.82) is 0 Å². The van der Waals surface area contributed by atoms with Crippen LogP contribution >= 0.6 is 0 Å². The predicted molar refractivity (Wildman–Crippen MR) is 65.5 cm³/mol. The van der Waals surface area contributed by atoms with E-state index in [4.69, 9.17) is 5.73 Å². The second-order valence-corrected chi connectivity index (χ2v) is 3.67. The van der Waals surface area contributed by atoms with E-state index < -0.39 is 6.03 Å². The molecule has 98 valence electrons. The van der Waals surface area contributed by atoms with E-state index in [1.807, 2.05) is 0 Å². The lowest BCUT2D eigenvalue weighted by atomic mass is 10.1. The highest BCUT2D eigenvalue weighted by Gasteiger charge is 1.98. The molecule has 0 bridgehead atoms. The minimum absolute atomic E-state index is 0.144. The molecule has 0 saturated heterocycles. The maximum Gasteiger partial charge on any atom is 0.332 e. The van der Waals surface area contributed by atoms with Crippen molar-refractivity contribution in [3.05, 3.63) is 0 Å². The van der Waals surface area contributed by atoms with Gasteiger partial charge in [0.2, 0.25) is 0 Å². The number of nitrogens with zero attached hydrogens (tertiary/aromatic N) is 1. The fourth-order valence-corrected chi connectivity index (χ4v) is 1.31. The maximum absolute atomic E-state index is 10.8. The molecule has 3 N–H and O–H groups in total. The molecule has 0 radical (unpaired) electrons. The van der Waals surface area contributed by atoms with Crippen LogP contribution in [0, 0.1) is 0 Å². The number of unbranched alkanes of at least 4 members (excludes halogenated alkanes) is 5. The number of urea groups is 1. The number of esters is 1. The number of nitrogens with two attached hydrogens (primary N) is 1. The lowest BCUT2D eigenvalue weighted by molar-refractivity contribution is -0.140. The smallest absolute Gasteiger partial charge is 0.332 e. The van der Waals surface area contributed by atoms with Crippen molar-refractivity contribution in [2.75, 3.05) is 7.11 Å². The summed E-state index contributed by atoms with van der Waals surface area (Å²) in [6.45, 7) is 0. The third kappa shape index (κ3) is 12.3. The highest BCUT2D eigenvalue weighted by molar-refractivity contribution is 5.72. The Hall–Kier alpha value is -1.59. The van der Waals surface area contributed by atoms with Gasteiger partial charge in [0.1, 0.15) is 0 Å². The van der Waals surface area contributed by atoms with Crippen LogP contribution in [-0.4, -0.2) is 25.3 Å². The van der Waals surface area contributed by atoms with Crippen LogP contribution in [0.5, 0.6) is 0 Å². The Balaban J connectivity index is 3.16. The lowest BCUT2D eigenvalue weighted by Gasteiger charge is -1.99. The molecule has 0 fully saturated rings. The zero-order chi connectivity index (χ0) is 12.9. The van der Waals surface area contributed by atoms with Crippen LogP contribution in [0.15, 0.2) is 5.10 Å². The summed E-state index contributed by atoms with van der Waals surface area (Å²) >= 11 is 0. The highest BCUT2D eigenvalue weighted by atomic mass is 16.5. The molecule has 0 aliphatic carbocycles. The van der Waals surface area contributed by atoms with Crippen LogP contribution in [0.4, 0.5) is 4.79 Å². The highest BCUT2D eigenvalue weighted by Crippen LogP contribution is 2.06. The Kier molecular flexibility index (Phi) is 9.89. The van der Waals surface area contributed by atoms with Crippen molar-refractivity contribution >= 4 is 18.2 Å². The number of nitrogens with one attached hydrogen (secondary N) is 1. The molecule has 0 unspecified atom stereocenters. The SMILES string of the molecule is COC(=O)CCCCCCC/C=N\NC(N)=O. The topological polar surface area (TPSA) is 93.8 Å². The van der Waals surface area contributed by atoms with E-state index in [0.29, 0.717) is 6.42 Å². The average Bonchev–Trinajstić information content (AvgIpc) is 2.30. The van der Waals surface area contributed by atoms with E-state index in [-0.39, 0.29) is 5.97 Å². The number of primary amides is 1. The lowest BCUT2D eigenvalue weighted by Crippen LogP contribution is -2.24. The molecule has 17 heavy (non-hydrogen) atoms. The number of hydrazone groups is 1. The molecule has 0 aromatic carbocycles. The minimum atomic E-state index is -0.649. The van der Waals surface area contributed by atoms with Gasteiger partial charge >= 0.3 is 12.0 Å². The molecule has 0 saturated carbocycles. The fourth-order valence-electron chi connectivity index (χ4n) is 1.31. The normalized spacial score (nSPS) is 10.4. The Morgan fingerprint density at radius 3 is 2.53 bits per heavy atom. The second-order valence-electron chi connectivity index (χ2n) is 3.67. The Bertz CT molecular complexity index is 254. The van der Waals surface area contributed by atoms with Gasteiger partial charge in [-0.25, -0.2) is 10.2 Å². The summed E-state index contributed by atoms with van der Waals surface area (Å²) in [6.07, 6.45) is 8.06. The summed E-state index contributed by atoms with van der Waals surface area (Å²) in [5.74, 6) is -0.144. The van der Waals surface area contributed by atoms with E-state index in [2.05, 4.69) is 15.3 Å². The summed E-state index contributed by atoms with van der Waals surface area (Å²) in [4.78, 5) is 21.0. The standard InChI is InChI=1S/C11H21N3O3/c1-17-10(15)8-6-4-2-3-5-7-9-13-14-11(12)16/h9H,2-8H2,1H3,(H3,12,14,16)/b13-9-. The van der Waals surface area contributed by atoms with Gasteiger partial charge in [0, 0.05) is 12.6 Å². The van der Waals surface area contributed by atoms with Crippen molar-refractivity contribution in [3.63, 3.8) is 0 Å². The van der Waals surface area contributed by atoms with Crippen LogP contribution in [0.2, 0.25) is 0 Å². The number of amides is 2. The van der Waals surface area contributed by atoms with Crippen LogP contribution in [0.25, 0.3) is 0 Å². The van der Waals surface area contributed by atoms with Gasteiger partial charge in [-0.15, -0.1) is 0 Å². The van der Waals surface area contributed by atoms with Crippen molar-refractivity contribution in [1.82, 2.24) is 5.43 Å². The van der Waals surface area contributed by atoms with Crippen molar-refractivity contribution in [2.45, 2.75) is 44.9 Å². The zero-order valence-corrected chi connectivity index (χ0v) is 10.3. The first kappa shape index (κ1) is 15.4. The molecular formula is C11H21N3O3. The van der Waals surface area contributed by atoms with Gasteiger partial charge in [-0.2, -0.15) is 5.10 Å². The van der Waals surface area contributed by atoms with Crippen LogP contribution in [0.3, 0.4) is 0 Å². The summed E-state index contributed by atoms with van der Waals surface area (Å²) in [6, 6.07) is -0.649. The molecule has 6 heteroatoms. The maximum atomic E-state index is 10.8. The predicted octanol–water partition coefficient (Wildman–Crippen LogP) is 1.54. The van der Waals surface area contributed by atoms with Gasteiger partial charge in [0.15, 0.2) is 0 Å². The first-order valence-corrected chi connectivity index (χ1v) is 5.80. The largest absolute Gasteiger partial charge is 0.469 e. The Morgan fingerprint density at radius 1 is 1.24 bits per heavy atom. The number of ether oxygens (including phenoxy) is 1. The number of hydrogen-bond donors (Lipinski definition) is 2. The van der Waals surface area contributed by atoms with Crippen molar-refractivity contribution < 1.29 is 14.3 Å². The third-order valence-corrected chi connectivity index (χ3v) is 2.21. The quantitative estimate of drug-likeness (QED) is 0.278. The zero-order valence-electron chi connectivity index (χ0n) is 10.3. The first-order chi connectivity index (χ1) is 8.16. The van der Waals surface area contributed by atoms with Crippen molar-refractivity contribution in [2.24, 2.45) is 10.8 Å². The molecule has 0 aromatic rings. The molecule has 0 aromatic heterocycles. The first-order valence-electron chi connectivity index (χ1n) is 5.80. The molecule has 0 aliphatic heterocycles. The van der Waals surface area contributed by atoms with E-state index in [1.54, 1.807) is 6.21 Å². The van der Waals surface area contributed by atoms with Crippen molar-refractivity contribution in [3.8, 4) is 0 Å². The average molecular weight is 243 g/mol. The summed E-state index contributed by atoms with van der Waals surface area (Å²) in [5, 5.41) is 3.63.